The van der Waals surface area contributed by atoms with Gasteiger partial charge in [0.1, 0.15) is 5.82 Å². The van der Waals surface area contributed by atoms with Gasteiger partial charge in [-0.05, 0) is 27.2 Å². The minimum absolute atomic E-state index is 0.0758. The molecular formula is C8H4BrF2N5O. The summed E-state index contributed by atoms with van der Waals surface area (Å²) in [6.07, 6.45) is 0. The standard InChI is InChI=1S/C8H4BrF2N5O/c9-4-1-3(10)2-5(11)6(4)12-8(17)7-13-15-16-14-7/h1-2H,(H,12,17)(H,13,14,15,16). The van der Waals surface area contributed by atoms with E-state index in [2.05, 4.69) is 41.9 Å². The van der Waals surface area contributed by atoms with Gasteiger partial charge in [-0.3, -0.25) is 4.79 Å². The number of tetrazole rings is 1. The molecule has 88 valence electrons. The summed E-state index contributed by atoms with van der Waals surface area (Å²) in [5.74, 6) is -2.67. The van der Waals surface area contributed by atoms with E-state index in [0.717, 1.165) is 6.07 Å². The molecular weight excluding hydrogens is 300 g/mol. The highest BCUT2D eigenvalue weighted by Crippen LogP contribution is 2.26. The van der Waals surface area contributed by atoms with Gasteiger partial charge < -0.3 is 5.32 Å². The van der Waals surface area contributed by atoms with E-state index >= 15 is 0 Å². The highest BCUT2D eigenvalue weighted by Gasteiger charge is 2.16. The lowest BCUT2D eigenvalue weighted by molar-refractivity contribution is 0.101. The van der Waals surface area contributed by atoms with Gasteiger partial charge in [0.15, 0.2) is 5.82 Å². The first-order valence-electron chi connectivity index (χ1n) is 4.27. The van der Waals surface area contributed by atoms with Crippen molar-refractivity contribution >= 4 is 27.5 Å². The summed E-state index contributed by atoms with van der Waals surface area (Å²) in [6, 6.07) is 1.67. The van der Waals surface area contributed by atoms with E-state index in [1.807, 2.05) is 0 Å². The summed E-state index contributed by atoms with van der Waals surface area (Å²) in [5.41, 5.74) is -0.193. The van der Waals surface area contributed by atoms with Gasteiger partial charge in [-0.1, -0.05) is 0 Å². The fourth-order valence-corrected chi connectivity index (χ4v) is 1.60. The zero-order valence-electron chi connectivity index (χ0n) is 8.04. The van der Waals surface area contributed by atoms with E-state index in [0.29, 0.717) is 6.07 Å². The van der Waals surface area contributed by atoms with Crippen molar-refractivity contribution < 1.29 is 13.6 Å². The van der Waals surface area contributed by atoms with E-state index in [4.69, 9.17) is 0 Å². The quantitative estimate of drug-likeness (QED) is 0.880. The van der Waals surface area contributed by atoms with E-state index in [1.165, 1.54) is 0 Å². The number of nitrogens with zero attached hydrogens (tertiary/aromatic N) is 3. The normalized spacial score (nSPS) is 10.3. The summed E-state index contributed by atoms with van der Waals surface area (Å²) in [4.78, 5) is 11.5. The van der Waals surface area contributed by atoms with Crippen molar-refractivity contribution in [3.8, 4) is 0 Å². The van der Waals surface area contributed by atoms with Crippen LogP contribution in [-0.4, -0.2) is 26.5 Å². The molecule has 9 heteroatoms. The van der Waals surface area contributed by atoms with Crippen LogP contribution in [0, 0.1) is 11.6 Å². The van der Waals surface area contributed by atoms with Crippen LogP contribution in [0.1, 0.15) is 10.6 Å². The van der Waals surface area contributed by atoms with Gasteiger partial charge in [-0.2, -0.15) is 5.21 Å². The Morgan fingerprint density at radius 1 is 1.41 bits per heavy atom. The smallest absolute Gasteiger partial charge is 0.297 e. The van der Waals surface area contributed by atoms with Crippen LogP contribution in [0.2, 0.25) is 0 Å². The average Bonchev–Trinajstić information content (AvgIpc) is 2.76. The Hall–Kier alpha value is -1.90. The summed E-state index contributed by atoms with van der Waals surface area (Å²) in [5, 5.41) is 14.3. The lowest BCUT2D eigenvalue weighted by Gasteiger charge is -2.06. The molecule has 0 atom stereocenters. The van der Waals surface area contributed by atoms with Crippen LogP contribution in [0.5, 0.6) is 0 Å². The van der Waals surface area contributed by atoms with Gasteiger partial charge in [-0.15, -0.1) is 10.2 Å². The number of anilines is 1. The van der Waals surface area contributed by atoms with Crippen LogP contribution in [0.25, 0.3) is 0 Å². The number of H-pyrrole nitrogens is 1. The van der Waals surface area contributed by atoms with Gasteiger partial charge in [0.05, 0.1) is 5.69 Å². The van der Waals surface area contributed by atoms with E-state index in [-0.39, 0.29) is 16.0 Å². The molecule has 2 aromatic rings. The lowest BCUT2D eigenvalue weighted by Crippen LogP contribution is -2.15. The average molecular weight is 304 g/mol. The monoisotopic (exact) mass is 303 g/mol. The molecule has 1 aromatic carbocycles. The summed E-state index contributed by atoms with van der Waals surface area (Å²) < 4.78 is 26.2. The highest BCUT2D eigenvalue weighted by molar-refractivity contribution is 9.10. The Balaban J connectivity index is 2.28. The van der Waals surface area contributed by atoms with E-state index in [9.17, 15) is 13.6 Å². The molecule has 0 saturated carbocycles. The summed E-state index contributed by atoms with van der Waals surface area (Å²) in [7, 11) is 0. The molecule has 0 bridgehead atoms. The first kappa shape index (κ1) is 11.6. The molecule has 0 saturated heterocycles. The second-order valence-electron chi connectivity index (χ2n) is 2.93. The number of carbonyl (C=O) groups is 1. The fraction of sp³-hybridized carbons (Fsp3) is 0. The molecule has 0 unspecified atom stereocenters. The summed E-state index contributed by atoms with van der Waals surface area (Å²) in [6.45, 7) is 0. The number of nitrogens with one attached hydrogen (secondary N) is 2. The van der Waals surface area contributed by atoms with Gasteiger partial charge in [0.25, 0.3) is 11.7 Å². The molecule has 6 nitrogen and oxygen atoms in total. The minimum Gasteiger partial charge on any atom is -0.316 e. The van der Waals surface area contributed by atoms with Crippen LogP contribution < -0.4 is 5.32 Å². The maximum absolute atomic E-state index is 13.4. The molecule has 1 aromatic heterocycles. The third-order valence-electron chi connectivity index (χ3n) is 1.79. The maximum Gasteiger partial charge on any atom is 0.297 e. The van der Waals surface area contributed by atoms with Crippen molar-refractivity contribution in [3.05, 3.63) is 34.1 Å². The first-order chi connectivity index (χ1) is 8.08. The maximum atomic E-state index is 13.4. The SMILES string of the molecule is O=C(Nc1c(F)cc(F)cc1Br)c1nn[nH]n1. The Bertz CT molecular complexity index is 536. The largest absolute Gasteiger partial charge is 0.316 e. The third-order valence-corrected chi connectivity index (χ3v) is 2.42. The predicted molar refractivity (Wildman–Crippen MR) is 56.2 cm³/mol. The number of amides is 1. The van der Waals surface area contributed by atoms with Gasteiger partial charge in [-0.25, -0.2) is 8.78 Å². The topological polar surface area (TPSA) is 83.6 Å². The number of rotatable bonds is 2. The number of benzene rings is 1. The van der Waals surface area contributed by atoms with Crippen LogP contribution in [0.4, 0.5) is 14.5 Å². The molecule has 0 aliphatic rings. The molecule has 2 N–H and O–H groups in total. The van der Waals surface area contributed by atoms with Crippen LogP contribution in [0.3, 0.4) is 0 Å². The van der Waals surface area contributed by atoms with Crippen molar-refractivity contribution in [3.63, 3.8) is 0 Å². The van der Waals surface area contributed by atoms with E-state index < -0.39 is 17.5 Å². The van der Waals surface area contributed by atoms with Gasteiger partial charge in [0, 0.05) is 10.5 Å². The molecule has 17 heavy (non-hydrogen) atoms. The second kappa shape index (κ2) is 4.53. The Labute approximate surface area is 102 Å². The van der Waals surface area contributed by atoms with Crippen LogP contribution in [0.15, 0.2) is 16.6 Å². The third kappa shape index (κ3) is 2.44. The molecule has 1 amide bonds. The molecule has 0 aliphatic carbocycles. The Morgan fingerprint density at radius 3 is 2.76 bits per heavy atom. The minimum atomic E-state index is -0.909. The van der Waals surface area contributed by atoms with Crippen molar-refractivity contribution in [2.45, 2.75) is 0 Å². The van der Waals surface area contributed by atoms with Gasteiger partial charge >= 0.3 is 0 Å². The number of carbonyl (C=O) groups excluding carboxylic acids is 1. The molecule has 0 aliphatic heterocycles. The second-order valence-corrected chi connectivity index (χ2v) is 3.79. The lowest BCUT2D eigenvalue weighted by atomic mass is 10.3. The molecule has 0 spiro atoms. The number of aromatic amines is 1. The number of aromatic nitrogens is 4. The molecule has 0 fully saturated rings. The molecule has 1 heterocycles. The summed E-state index contributed by atoms with van der Waals surface area (Å²) >= 11 is 2.93. The zero-order chi connectivity index (χ0) is 12.4. The Morgan fingerprint density at radius 2 is 2.18 bits per heavy atom. The fourth-order valence-electron chi connectivity index (χ4n) is 1.09. The van der Waals surface area contributed by atoms with Crippen LogP contribution >= 0.6 is 15.9 Å². The Kier molecular flexibility index (Phi) is 3.09. The number of halogens is 3. The highest BCUT2D eigenvalue weighted by atomic mass is 79.9. The zero-order valence-corrected chi connectivity index (χ0v) is 9.62. The number of hydrogen-bond donors (Lipinski definition) is 2. The van der Waals surface area contributed by atoms with E-state index in [1.54, 1.807) is 0 Å². The van der Waals surface area contributed by atoms with Crippen LogP contribution in [-0.2, 0) is 0 Å². The molecule has 0 radical (unpaired) electrons. The van der Waals surface area contributed by atoms with Gasteiger partial charge in [0.2, 0.25) is 0 Å². The predicted octanol–water partition coefficient (Wildman–Crippen LogP) is 1.49. The van der Waals surface area contributed by atoms with Crippen molar-refractivity contribution in [2.24, 2.45) is 0 Å². The molecule has 2 rings (SSSR count). The first-order valence-corrected chi connectivity index (χ1v) is 5.06. The van der Waals surface area contributed by atoms with Crippen molar-refractivity contribution in [2.75, 3.05) is 5.32 Å². The van der Waals surface area contributed by atoms with Crippen molar-refractivity contribution in [1.29, 1.82) is 0 Å². The van der Waals surface area contributed by atoms with Crippen molar-refractivity contribution in [1.82, 2.24) is 20.6 Å². The number of hydrogen-bond acceptors (Lipinski definition) is 4.